The number of tetrazole rings is 1. The van der Waals surface area contributed by atoms with Crippen molar-refractivity contribution in [1.82, 2.24) is 36.2 Å². The van der Waals surface area contributed by atoms with Gasteiger partial charge in [-0.05, 0) is 109 Å². The van der Waals surface area contributed by atoms with Crippen LogP contribution in [0.25, 0.3) is 5.70 Å². The van der Waals surface area contributed by atoms with Crippen molar-refractivity contribution in [2.45, 2.75) is 63.5 Å². The second-order valence-corrected chi connectivity index (χ2v) is 11.1. The number of hydrogen-bond acceptors (Lipinski definition) is 7. The SMILES string of the molecule is C=C(NC(C)C)c1ccc2c(c1)CCc1cc(F)ccc1C2(CCNCC(=C)N1CCCC1C#N)c1nnn[nH]1. The van der Waals surface area contributed by atoms with Gasteiger partial charge in [0.25, 0.3) is 0 Å². The maximum Gasteiger partial charge on any atom is 0.163 e. The maximum absolute atomic E-state index is 14.5. The molecule has 0 saturated carbocycles. The number of aryl methyl sites for hydroxylation is 2. The van der Waals surface area contributed by atoms with Crippen LogP contribution in [0.2, 0.25) is 0 Å². The van der Waals surface area contributed by atoms with Gasteiger partial charge in [-0.25, -0.2) is 9.49 Å². The third-order valence-corrected chi connectivity index (χ3v) is 8.13. The summed E-state index contributed by atoms with van der Waals surface area (Å²) >= 11 is 0. The maximum atomic E-state index is 14.5. The van der Waals surface area contributed by atoms with E-state index < -0.39 is 5.41 Å². The van der Waals surface area contributed by atoms with Crippen molar-refractivity contribution in [2.75, 3.05) is 19.6 Å². The van der Waals surface area contributed by atoms with Crippen molar-refractivity contribution >= 4 is 5.70 Å². The first-order valence-electron chi connectivity index (χ1n) is 14.0. The molecule has 0 radical (unpaired) electrons. The summed E-state index contributed by atoms with van der Waals surface area (Å²) < 4.78 is 14.5. The molecule has 1 aliphatic carbocycles. The molecule has 9 heteroatoms. The van der Waals surface area contributed by atoms with Crippen LogP contribution in [0.4, 0.5) is 4.39 Å². The standard InChI is InChI=1S/C31H37FN8/c1-20(2)35-22(4)23-9-11-28-24(16-23)7-8-25-17-26(32)10-12-29(25)31(28,30-36-38-39-37-30)13-14-34-19-21(3)40-15-5-6-27(40)18-33/h9-12,16-17,20,27,34-35H,3-8,13-15,19H2,1-2H3,(H,36,37,38,39). The lowest BCUT2D eigenvalue weighted by Crippen LogP contribution is -2.38. The van der Waals surface area contributed by atoms with Gasteiger partial charge in [0.15, 0.2) is 5.82 Å². The molecular weight excluding hydrogens is 503 g/mol. The minimum absolute atomic E-state index is 0.106. The van der Waals surface area contributed by atoms with Gasteiger partial charge in [-0.1, -0.05) is 31.4 Å². The highest BCUT2D eigenvalue weighted by molar-refractivity contribution is 5.65. The third-order valence-electron chi connectivity index (χ3n) is 8.13. The van der Waals surface area contributed by atoms with E-state index in [9.17, 15) is 9.65 Å². The summed E-state index contributed by atoms with van der Waals surface area (Å²) in [6.45, 7) is 14.7. The first kappa shape index (κ1) is 27.5. The van der Waals surface area contributed by atoms with Gasteiger partial charge in [0, 0.05) is 30.5 Å². The fraction of sp³-hybridized carbons (Fsp3) is 0.419. The van der Waals surface area contributed by atoms with Gasteiger partial charge < -0.3 is 15.5 Å². The molecule has 8 nitrogen and oxygen atoms in total. The minimum atomic E-state index is -0.721. The molecule has 2 aliphatic rings. The monoisotopic (exact) mass is 540 g/mol. The zero-order valence-corrected chi connectivity index (χ0v) is 23.3. The third kappa shape index (κ3) is 5.24. The zero-order chi connectivity index (χ0) is 28.3. The number of benzene rings is 2. The van der Waals surface area contributed by atoms with Crippen LogP contribution < -0.4 is 10.6 Å². The van der Waals surface area contributed by atoms with Crippen molar-refractivity contribution in [3.05, 3.63) is 94.7 Å². The van der Waals surface area contributed by atoms with Gasteiger partial charge in [-0.2, -0.15) is 5.26 Å². The molecule has 2 aromatic carbocycles. The van der Waals surface area contributed by atoms with E-state index in [1.165, 1.54) is 6.07 Å². The number of nitriles is 1. The Morgan fingerprint density at radius 2 is 1.95 bits per heavy atom. The Bertz CT molecular complexity index is 1420. The smallest absolute Gasteiger partial charge is 0.163 e. The number of aromatic nitrogens is 4. The number of H-pyrrole nitrogens is 1. The Labute approximate surface area is 235 Å². The van der Waals surface area contributed by atoms with E-state index in [-0.39, 0.29) is 17.9 Å². The summed E-state index contributed by atoms with van der Waals surface area (Å²) in [6.07, 6.45) is 3.97. The van der Waals surface area contributed by atoms with Gasteiger partial charge in [-0.3, -0.25) is 0 Å². The lowest BCUT2D eigenvalue weighted by Gasteiger charge is -2.35. The molecule has 0 spiro atoms. The summed E-state index contributed by atoms with van der Waals surface area (Å²) in [6, 6.07) is 14.0. The lowest BCUT2D eigenvalue weighted by molar-refractivity contribution is 0.359. The molecule has 1 saturated heterocycles. The zero-order valence-electron chi connectivity index (χ0n) is 23.3. The average molecular weight is 541 g/mol. The van der Waals surface area contributed by atoms with E-state index in [0.717, 1.165) is 65.0 Å². The topological polar surface area (TPSA) is 106 Å². The molecule has 1 fully saturated rings. The molecule has 1 aliphatic heterocycles. The Morgan fingerprint density at radius 3 is 2.65 bits per heavy atom. The van der Waals surface area contributed by atoms with Gasteiger partial charge >= 0.3 is 0 Å². The lowest BCUT2D eigenvalue weighted by atomic mass is 9.69. The van der Waals surface area contributed by atoms with Gasteiger partial charge in [0.1, 0.15) is 11.9 Å². The molecule has 0 amide bonds. The molecule has 5 rings (SSSR count). The highest BCUT2D eigenvalue weighted by Gasteiger charge is 2.43. The fourth-order valence-electron chi connectivity index (χ4n) is 6.31. The number of likely N-dealkylation sites (tertiary alicyclic amines) is 1. The van der Waals surface area contributed by atoms with Crippen LogP contribution in [0.15, 0.2) is 55.3 Å². The van der Waals surface area contributed by atoms with Crippen LogP contribution in [-0.4, -0.2) is 57.2 Å². The Kier molecular flexibility index (Phi) is 7.99. The first-order valence-corrected chi connectivity index (χ1v) is 14.0. The second-order valence-electron chi connectivity index (χ2n) is 11.1. The van der Waals surface area contributed by atoms with Crippen LogP contribution in [0.5, 0.6) is 0 Å². The molecule has 3 aromatic rings. The van der Waals surface area contributed by atoms with E-state index in [4.69, 9.17) is 0 Å². The Balaban J connectivity index is 1.51. The molecule has 2 heterocycles. The van der Waals surface area contributed by atoms with Crippen LogP contribution in [-0.2, 0) is 18.3 Å². The van der Waals surface area contributed by atoms with Crippen molar-refractivity contribution in [3.63, 3.8) is 0 Å². The number of nitrogens with one attached hydrogen (secondary N) is 3. The first-order chi connectivity index (χ1) is 19.3. The van der Waals surface area contributed by atoms with Crippen LogP contribution in [0, 0.1) is 17.1 Å². The van der Waals surface area contributed by atoms with Gasteiger partial charge in [0.05, 0.1) is 11.5 Å². The number of halogens is 1. The number of hydrogen-bond donors (Lipinski definition) is 3. The molecule has 40 heavy (non-hydrogen) atoms. The van der Waals surface area contributed by atoms with Crippen LogP contribution in [0.3, 0.4) is 0 Å². The van der Waals surface area contributed by atoms with E-state index >= 15 is 0 Å². The van der Waals surface area contributed by atoms with E-state index in [2.05, 4.69) is 87.4 Å². The summed E-state index contributed by atoms with van der Waals surface area (Å²) in [5, 5.41) is 31.8. The predicted octanol–water partition coefficient (Wildman–Crippen LogP) is 4.22. The predicted molar refractivity (Wildman–Crippen MR) is 154 cm³/mol. The van der Waals surface area contributed by atoms with Crippen LogP contribution >= 0.6 is 0 Å². The normalized spacial score (nSPS) is 20.0. The Hall–Kier alpha value is -4.03. The molecule has 1 aromatic heterocycles. The quantitative estimate of drug-likeness (QED) is 0.331. The van der Waals surface area contributed by atoms with Gasteiger partial charge in [0.2, 0.25) is 0 Å². The van der Waals surface area contributed by atoms with Gasteiger partial charge in [-0.15, -0.1) is 5.10 Å². The van der Waals surface area contributed by atoms with Crippen molar-refractivity contribution in [3.8, 4) is 6.07 Å². The Morgan fingerprint density at radius 1 is 1.20 bits per heavy atom. The number of rotatable bonds is 10. The molecule has 2 atom stereocenters. The molecule has 3 N–H and O–H groups in total. The highest BCUT2D eigenvalue weighted by Crippen LogP contribution is 2.46. The molecule has 2 unspecified atom stereocenters. The average Bonchev–Trinajstić information content (AvgIpc) is 3.63. The van der Waals surface area contributed by atoms with Crippen molar-refractivity contribution in [1.29, 1.82) is 5.26 Å². The van der Waals surface area contributed by atoms with E-state index in [0.29, 0.717) is 31.8 Å². The molecule has 0 bridgehead atoms. The molecular formula is C31H37FN8. The fourth-order valence-corrected chi connectivity index (χ4v) is 6.31. The molecule has 208 valence electrons. The summed E-state index contributed by atoms with van der Waals surface area (Å²) in [7, 11) is 0. The number of aromatic amines is 1. The van der Waals surface area contributed by atoms with E-state index in [1.807, 2.05) is 6.07 Å². The largest absolute Gasteiger partial charge is 0.383 e. The summed E-state index contributed by atoms with van der Waals surface area (Å²) in [5.41, 5.74) is 6.31. The summed E-state index contributed by atoms with van der Waals surface area (Å²) in [5.74, 6) is 0.372. The number of fused-ring (bicyclic) bond motifs is 2. The number of nitrogens with zero attached hydrogens (tertiary/aromatic N) is 5. The minimum Gasteiger partial charge on any atom is -0.383 e. The second kappa shape index (κ2) is 11.6. The highest BCUT2D eigenvalue weighted by atomic mass is 19.1. The van der Waals surface area contributed by atoms with Crippen molar-refractivity contribution in [2.24, 2.45) is 0 Å². The van der Waals surface area contributed by atoms with Crippen LogP contribution in [0.1, 0.15) is 66.8 Å². The summed E-state index contributed by atoms with van der Waals surface area (Å²) in [4.78, 5) is 2.10. The van der Waals surface area contributed by atoms with E-state index in [1.54, 1.807) is 6.07 Å². The van der Waals surface area contributed by atoms with Crippen molar-refractivity contribution < 1.29 is 4.39 Å².